The third-order valence-corrected chi connectivity index (χ3v) is 6.38. The maximum Gasteiger partial charge on any atom is 0.490 e. The van der Waals surface area contributed by atoms with E-state index in [1.54, 1.807) is 0 Å². The van der Waals surface area contributed by atoms with Crippen LogP contribution in [0.15, 0.2) is 16.5 Å². The molecule has 0 amide bonds. The summed E-state index contributed by atoms with van der Waals surface area (Å²) in [5.41, 5.74) is 0.124. The van der Waals surface area contributed by atoms with Crippen LogP contribution in [0.4, 0.5) is 13.2 Å². The molecular formula is C22H32F3NO5. The van der Waals surface area contributed by atoms with Crippen LogP contribution >= 0.6 is 0 Å². The molecule has 3 fully saturated rings. The zero-order valence-corrected chi connectivity index (χ0v) is 18.0. The van der Waals surface area contributed by atoms with Crippen molar-refractivity contribution in [3.05, 3.63) is 23.7 Å². The van der Waals surface area contributed by atoms with Crippen LogP contribution in [0.2, 0.25) is 0 Å². The van der Waals surface area contributed by atoms with Gasteiger partial charge in [-0.15, -0.1) is 0 Å². The van der Waals surface area contributed by atoms with Crippen LogP contribution in [-0.2, 0) is 20.8 Å². The molecule has 2 aliphatic heterocycles. The average Bonchev–Trinajstić information content (AvgIpc) is 3.33. The predicted octanol–water partition coefficient (Wildman–Crippen LogP) is 4.41. The van der Waals surface area contributed by atoms with E-state index in [0.29, 0.717) is 5.92 Å². The summed E-state index contributed by atoms with van der Waals surface area (Å²) >= 11 is 0. The van der Waals surface area contributed by atoms with Gasteiger partial charge in [0.25, 0.3) is 0 Å². The number of likely N-dealkylation sites (tertiary alicyclic amines) is 1. The summed E-state index contributed by atoms with van der Waals surface area (Å²) in [5.74, 6) is 0.883. The molecule has 2 saturated heterocycles. The topological polar surface area (TPSA) is 72.1 Å². The third kappa shape index (κ3) is 7.22. The Morgan fingerprint density at radius 2 is 1.94 bits per heavy atom. The molecule has 9 heteroatoms. The molecule has 1 atom stereocenters. The lowest BCUT2D eigenvalue weighted by molar-refractivity contribution is -0.192. The molecule has 1 N–H and O–H groups in total. The molecule has 1 saturated carbocycles. The molecule has 3 aliphatic rings. The van der Waals surface area contributed by atoms with Gasteiger partial charge in [-0.05, 0) is 69.4 Å². The molecule has 1 aromatic rings. The molecule has 6 nitrogen and oxygen atoms in total. The number of carbonyl (C=O) groups is 1. The summed E-state index contributed by atoms with van der Waals surface area (Å²) in [6, 6.07) is 4.16. The maximum atomic E-state index is 10.6. The van der Waals surface area contributed by atoms with Gasteiger partial charge in [-0.1, -0.05) is 0 Å². The standard InChI is InChI=1S/C20H31NO3.C2HF3O2/c1-16-2-5-19(24-16)14-21-10-8-20(9-11-21)18(7-13-23-20)6-12-22-15-17-3-4-17;3-2(4,5)1(6)7/h2,5,17-18H,3-4,6-15H2,1H3;(H,6,7). The third-order valence-electron chi connectivity index (χ3n) is 6.38. The second kappa shape index (κ2) is 10.4. The van der Waals surface area contributed by atoms with Crippen molar-refractivity contribution in [2.45, 2.75) is 63.8 Å². The molecule has 0 aromatic carbocycles. The quantitative estimate of drug-likeness (QED) is 0.625. The van der Waals surface area contributed by atoms with Crippen molar-refractivity contribution in [3.63, 3.8) is 0 Å². The van der Waals surface area contributed by atoms with Gasteiger partial charge in [0.2, 0.25) is 0 Å². The Morgan fingerprint density at radius 3 is 2.48 bits per heavy atom. The van der Waals surface area contributed by atoms with Crippen molar-refractivity contribution >= 4 is 5.97 Å². The van der Waals surface area contributed by atoms with Crippen LogP contribution < -0.4 is 0 Å². The van der Waals surface area contributed by atoms with E-state index in [-0.39, 0.29) is 5.60 Å². The van der Waals surface area contributed by atoms with E-state index in [9.17, 15) is 13.2 Å². The summed E-state index contributed by atoms with van der Waals surface area (Å²) in [7, 11) is 0. The first-order chi connectivity index (χ1) is 14.7. The van der Waals surface area contributed by atoms with Crippen molar-refractivity contribution in [3.8, 4) is 0 Å². The number of carboxylic acid groups (broad SMARTS) is 1. The number of aliphatic carboxylic acids is 1. The zero-order chi connectivity index (χ0) is 22.5. The van der Waals surface area contributed by atoms with Gasteiger partial charge >= 0.3 is 12.1 Å². The van der Waals surface area contributed by atoms with Crippen LogP contribution in [0, 0.1) is 18.8 Å². The number of hydrogen-bond acceptors (Lipinski definition) is 5. The first-order valence-electron chi connectivity index (χ1n) is 11.0. The van der Waals surface area contributed by atoms with Crippen molar-refractivity contribution in [2.75, 3.05) is 32.9 Å². The van der Waals surface area contributed by atoms with Crippen molar-refractivity contribution in [2.24, 2.45) is 11.8 Å². The number of furan rings is 1. The molecule has 0 radical (unpaired) electrons. The van der Waals surface area contributed by atoms with E-state index < -0.39 is 12.1 Å². The molecule has 1 spiro atoms. The Labute approximate surface area is 180 Å². The van der Waals surface area contributed by atoms with Gasteiger partial charge < -0.3 is 19.0 Å². The van der Waals surface area contributed by atoms with Crippen LogP contribution in [0.25, 0.3) is 0 Å². The smallest absolute Gasteiger partial charge is 0.475 e. The molecule has 3 heterocycles. The second-order valence-corrected chi connectivity index (χ2v) is 8.80. The molecule has 31 heavy (non-hydrogen) atoms. The number of carboxylic acids is 1. The number of rotatable bonds is 7. The largest absolute Gasteiger partial charge is 0.490 e. The minimum atomic E-state index is -5.08. The van der Waals surface area contributed by atoms with E-state index in [1.807, 2.05) is 6.92 Å². The zero-order valence-electron chi connectivity index (χ0n) is 18.0. The SMILES string of the molecule is Cc1ccc(CN2CCC3(CC2)OCCC3CCOCC2CC2)o1.O=C(O)C(F)(F)F. The predicted molar refractivity (Wildman–Crippen MR) is 107 cm³/mol. The van der Waals surface area contributed by atoms with E-state index in [2.05, 4.69) is 17.0 Å². The fraction of sp³-hybridized carbons (Fsp3) is 0.773. The van der Waals surface area contributed by atoms with Crippen LogP contribution in [-0.4, -0.2) is 60.7 Å². The fourth-order valence-corrected chi connectivity index (χ4v) is 4.39. The van der Waals surface area contributed by atoms with E-state index in [0.717, 1.165) is 69.7 Å². The average molecular weight is 447 g/mol. The molecule has 0 bridgehead atoms. The second-order valence-electron chi connectivity index (χ2n) is 8.80. The Balaban J connectivity index is 0.000000339. The summed E-state index contributed by atoms with van der Waals surface area (Å²) in [6.45, 7) is 8.00. The van der Waals surface area contributed by atoms with Crippen LogP contribution in [0.1, 0.15) is 50.0 Å². The van der Waals surface area contributed by atoms with Crippen molar-refractivity contribution < 1.29 is 37.0 Å². The molecule has 1 aliphatic carbocycles. The van der Waals surface area contributed by atoms with E-state index in [4.69, 9.17) is 23.8 Å². The highest BCUT2D eigenvalue weighted by molar-refractivity contribution is 5.73. The fourth-order valence-electron chi connectivity index (χ4n) is 4.39. The van der Waals surface area contributed by atoms with Gasteiger partial charge in [-0.2, -0.15) is 13.2 Å². The minimum Gasteiger partial charge on any atom is -0.475 e. The first kappa shape index (κ1) is 24.1. The maximum absolute atomic E-state index is 10.6. The lowest BCUT2D eigenvalue weighted by Gasteiger charge is -2.42. The Morgan fingerprint density at radius 1 is 1.26 bits per heavy atom. The Bertz CT molecular complexity index is 708. The summed E-state index contributed by atoms with van der Waals surface area (Å²) < 4.78 is 49.6. The monoisotopic (exact) mass is 447 g/mol. The van der Waals surface area contributed by atoms with Gasteiger partial charge in [-0.25, -0.2) is 4.79 Å². The van der Waals surface area contributed by atoms with Gasteiger partial charge in [0.05, 0.1) is 12.1 Å². The number of alkyl halides is 3. The Kier molecular flexibility index (Phi) is 8.04. The summed E-state index contributed by atoms with van der Waals surface area (Å²) in [6.07, 6.45) is 2.36. The van der Waals surface area contributed by atoms with Crippen molar-refractivity contribution in [1.29, 1.82) is 0 Å². The van der Waals surface area contributed by atoms with E-state index in [1.165, 1.54) is 25.7 Å². The van der Waals surface area contributed by atoms with Gasteiger partial charge in [0.1, 0.15) is 11.5 Å². The number of ether oxygens (including phenoxy) is 2. The number of piperidine rings is 1. The Hall–Kier alpha value is -1.58. The number of hydrogen-bond donors (Lipinski definition) is 1. The number of halogens is 3. The molecule has 1 unspecified atom stereocenters. The lowest BCUT2D eigenvalue weighted by Crippen LogP contribution is -2.47. The molecule has 4 rings (SSSR count). The minimum absolute atomic E-state index is 0.124. The van der Waals surface area contributed by atoms with Gasteiger partial charge in [0, 0.05) is 32.9 Å². The molecule has 1 aromatic heterocycles. The number of nitrogens with zero attached hydrogens (tertiary/aromatic N) is 1. The van der Waals surface area contributed by atoms with E-state index >= 15 is 0 Å². The van der Waals surface area contributed by atoms with Crippen LogP contribution in [0.5, 0.6) is 0 Å². The highest BCUT2D eigenvalue weighted by Crippen LogP contribution is 2.42. The first-order valence-corrected chi connectivity index (χ1v) is 11.0. The van der Waals surface area contributed by atoms with Crippen LogP contribution in [0.3, 0.4) is 0 Å². The summed E-state index contributed by atoms with van der Waals surface area (Å²) in [4.78, 5) is 11.4. The molecular weight excluding hydrogens is 415 g/mol. The number of aryl methyl sites for hydroxylation is 1. The van der Waals surface area contributed by atoms with Gasteiger partial charge in [-0.3, -0.25) is 4.90 Å². The highest BCUT2D eigenvalue weighted by Gasteiger charge is 2.45. The normalized spacial score (nSPS) is 23.5. The summed E-state index contributed by atoms with van der Waals surface area (Å²) in [5, 5.41) is 7.12. The van der Waals surface area contributed by atoms with Crippen molar-refractivity contribution in [1.82, 2.24) is 4.90 Å². The lowest BCUT2D eigenvalue weighted by atomic mass is 9.78. The van der Waals surface area contributed by atoms with Gasteiger partial charge in [0.15, 0.2) is 0 Å². The molecule has 176 valence electrons. The highest BCUT2D eigenvalue weighted by atomic mass is 19.4.